The van der Waals surface area contributed by atoms with E-state index >= 15 is 0 Å². The van der Waals surface area contributed by atoms with Crippen molar-refractivity contribution in [3.63, 3.8) is 0 Å². The normalized spacial score (nSPS) is 30.2. The van der Waals surface area contributed by atoms with Gasteiger partial charge in [0.15, 0.2) is 0 Å². The number of allylic oxidation sites excluding steroid dienone is 1. The molecular weight excluding hydrogens is 232 g/mol. The van der Waals surface area contributed by atoms with Crippen LogP contribution in [0.3, 0.4) is 0 Å². The fraction of sp³-hybridized carbons (Fsp3) is 0.714. The molecule has 0 aromatic carbocycles. The summed E-state index contributed by atoms with van der Waals surface area (Å²) >= 11 is 0. The van der Waals surface area contributed by atoms with Gasteiger partial charge in [0.25, 0.3) is 0 Å². The van der Waals surface area contributed by atoms with Crippen molar-refractivity contribution in [3.8, 4) is 0 Å². The van der Waals surface area contributed by atoms with E-state index in [1.807, 2.05) is 34.6 Å². The summed E-state index contributed by atoms with van der Waals surface area (Å²) in [5, 5.41) is 9.62. The first kappa shape index (κ1) is 14.7. The second-order valence-electron chi connectivity index (χ2n) is 6.44. The number of rotatable bonds is 3. The highest BCUT2D eigenvalue weighted by atomic mass is 16.5. The molecule has 1 fully saturated rings. The van der Waals surface area contributed by atoms with E-state index in [1.54, 1.807) is 6.08 Å². The number of carbonyl (C=O) groups excluding carboxylic acids is 1. The van der Waals surface area contributed by atoms with Crippen molar-refractivity contribution in [2.75, 3.05) is 7.11 Å². The molecule has 0 aromatic heterocycles. The average molecular weight is 254 g/mol. The van der Waals surface area contributed by atoms with E-state index in [4.69, 9.17) is 0 Å². The molecule has 102 valence electrons. The zero-order chi connectivity index (χ0) is 14.4. The minimum Gasteiger partial charge on any atom is -0.481 e. The van der Waals surface area contributed by atoms with Gasteiger partial charge in [-0.25, -0.2) is 4.79 Å². The molecule has 1 N–H and O–H groups in total. The first-order valence-electron chi connectivity index (χ1n) is 6.03. The Morgan fingerprint density at radius 3 is 2.06 bits per heavy atom. The number of hydrogen-bond donors (Lipinski definition) is 1. The predicted molar refractivity (Wildman–Crippen MR) is 68.0 cm³/mol. The van der Waals surface area contributed by atoms with Crippen molar-refractivity contribution in [2.45, 2.75) is 34.6 Å². The smallest absolute Gasteiger partial charge is 0.330 e. The van der Waals surface area contributed by atoms with Gasteiger partial charge in [-0.15, -0.1) is 0 Å². The van der Waals surface area contributed by atoms with Crippen LogP contribution in [0.5, 0.6) is 0 Å². The summed E-state index contributed by atoms with van der Waals surface area (Å²) in [6, 6.07) is 0. The SMILES string of the molecule is COC(=O)C=C[C@H]1C(C)(C)[C@]1(C(=O)O)C(C)(C)C. The largest absolute Gasteiger partial charge is 0.481 e. The lowest BCUT2D eigenvalue weighted by molar-refractivity contribution is -0.150. The Labute approximate surface area is 108 Å². The molecule has 0 spiro atoms. The summed E-state index contributed by atoms with van der Waals surface area (Å²) in [4.78, 5) is 22.8. The fourth-order valence-electron chi connectivity index (χ4n) is 3.59. The van der Waals surface area contributed by atoms with E-state index in [-0.39, 0.29) is 16.7 Å². The number of hydrogen-bond acceptors (Lipinski definition) is 3. The van der Waals surface area contributed by atoms with Crippen LogP contribution in [-0.4, -0.2) is 24.2 Å². The lowest BCUT2D eigenvalue weighted by Crippen LogP contribution is -2.35. The van der Waals surface area contributed by atoms with E-state index in [2.05, 4.69) is 4.74 Å². The quantitative estimate of drug-likeness (QED) is 0.621. The number of carboxylic acids is 1. The molecule has 1 rings (SSSR count). The number of aliphatic carboxylic acids is 1. The summed E-state index contributed by atoms with van der Waals surface area (Å²) in [7, 11) is 1.30. The Hall–Kier alpha value is -1.32. The standard InChI is InChI=1S/C14H22O4/c1-12(2,3)14(11(16)17)9(13(14,4)5)7-8-10(15)18-6/h7-9H,1-6H3,(H,16,17)/t9-,14+/m0/s1. The van der Waals surface area contributed by atoms with Crippen LogP contribution in [0.25, 0.3) is 0 Å². The van der Waals surface area contributed by atoms with Crippen LogP contribution in [0.1, 0.15) is 34.6 Å². The molecule has 0 radical (unpaired) electrons. The third-order valence-electron chi connectivity index (χ3n) is 4.32. The van der Waals surface area contributed by atoms with E-state index < -0.39 is 17.4 Å². The molecule has 0 unspecified atom stereocenters. The number of carbonyl (C=O) groups is 2. The van der Waals surface area contributed by atoms with Gasteiger partial charge >= 0.3 is 11.9 Å². The topological polar surface area (TPSA) is 63.6 Å². The molecule has 0 amide bonds. The molecule has 0 aromatic rings. The average Bonchev–Trinajstić information content (AvgIpc) is 2.71. The Balaban J connectivity index is 3.13. The predicted octanol–water partition coefficient (Wildman–Crippen LogP) is 2.49. The zero-order valence-electron chi connectivity index (χ0n) is 11.9. The number of esters is 1. The Morgan fingerprint density at radius 1 is 1.28 bits per heavy atom. The van der Waals surface area contributed by atoms with Crippen LogP contribution in [-0.2, 0) is 14.3 Å². The van der Waals surface area contributed by atoms with E-state index in [9.17, 15) is 14.7 Å². The Kier molecular flexibility index (Phi) is 3.36. The van der Waals surface area contributed by atoms with Crippen molar-refractivity contribution >= 4 is 11.9 Å². The van der Waals surface area contributed by atoms with Crippen LogP contribution in [0.4, 0.5) is 0 Å². The maximum Gasteiger partial charge on any atom is 0.330 e. The van der Waals surface area contributed by atoms with Crippen molar-refractivity contribution < 1.29 is 19.4 Å². The van der Waals surface area contributed by atoms with E-state index in [0.717, 1.165) is 0 Å². The summed E-state index contributed by atoms with van der Waals surface area (Å²) in [5.74, 6) is -1.42. The van der Waals surface area contributed by atoms with Gasteiger partial charge in [0.1, 0.15) is 0 Å². The molecule has 1 saturated carbocycles. The molecule has 1 aliphatic rings. The third kappa shape index (κ3) is 1.74. The van der Waals surface area contributed by atoms with Crippen molar-refractivity contribution in [3.05, 3.63) is 12.2 Å². The van der Waals surface area contributed by atoms with Crippen LogP contribution >= 0.6 is 0 Å². The van der Waals surface area contributed by atoms with Gasteiger partial charge in [0.2, 0.25) is 0 Å². The molecule has 0 bridgehead atoms. The molecule has 2 atom stereocenters. The minimum absolute atomic E-state index is 0.165. The van der Waals surface area contributed by atoms with Crippen LogP contribution in [0, 0.1) is 22.2 Å². The summed E-state index contributed by atoms with van der Waals surface area (Å²) in [6.07, 6.45) is 2.99. The maximum atomic E-state index is 11.7. The number of ether oxygens (including phenoxy) is 1. The fourth-order valence-corrected chi connectivity index (χ4v) is 3.59. The second kappa shape index (κ2) is 4.11. The lowest BCUT2D eigenvalue weighted by atomic mass is 9.72. The number of methoxy groups -OCH3 is 1. The Morgan fingerprint density at radius 2 is 1.78 bits per heavy atom. The monoisotopic (exact) mass is 254 g/mol. The first-order chi connectivity index (χ1) is 8.03. The third-order valence-corrected chi connectivity index (χ3v) is 4.32. The molecule has 18 heavy (non-hydrogen) atoms. The van der Waals surface area contributed by atoms with Gasteiger partial charge in [-0.2, -0.15) is 0 Å². The highest BCUT2D eigenvalue weighted by molar-refractivity contribution is 5.85. The molecule has 0 saturated heterocycles. The van der Waals surface area contributed by atoms with Gasteiger partial charge in [-0.3, -0.25) is 4.79 Å². The van der Waals surface area contributed by atoms with Crippen LogP contribution in [0.15, 0.2) is 12.2 Å². The minimum atomic E-state index is -0.843. The molecule has 0 aliphatic heterocycles. The van der Waals surface area contributed by atoms with Gasteiger partial charge in [-0.05, 0) is 10.8 Å². The number of carboxylic acid groups (broad SMARTS) is 1. The van der Waals surface area contributed by atoms with Crippen molar-refractivity contribution in [1.82, 2.24) is 0 Å². The van der Waals surface area contributed by atoms with Crippen molar-refractivity contribution in [1.29, 1.82) is 0 Å². The van der Waals surface area contributed by atoms with Gasteiger partial charge in [-0.1, -0.05) is 40.7 Å². The molecule has 0 heterocycles. The maximum absolute atomic E-state index is 11.7. The Bertz CT molecular complexity index is 401. The van der Waals surface area contributed by atoms with E-state index in [0.29, 0.717) is 0 Å². The van der Waals surface area contributed by atoms with Gasteiger partial charge in [0, 0.05) is 12.0 Å². The van der Waals surface area contributed by atoms with E-state index in [1.165, 1.54) is 13.2 Å². The highest BCUT2D eigenvalue weighted by Crippen LogP contribution is 2.76. The van der Waals surface area contributed by atoms with Gasteiger partial charge in [0.05, 0.1) is 12.5 Å². The zero-order valence-corrected chi connectivity index (χ0v) is 11.9. The highest BCUT2D eigenvalue weighted by Gasteiger charge is 2.79. The van der Waals surface area contributed by atoms with Gasteiger partial charge < -0.3 is 9.84 Å². The first-order valence-corrected chi connectivity index (χ1v) is 6.03. The second-order valence-corrected chi connectivity index (χ2v) is 6.44. The molecule has 1 aliphatic carbocycles. The van der Waals surface area contributed by atoms with Crippen molar-refractivity contribution in [2.24, 2.45) is 22.2 Å². The molecule has 4 heteroatoms. The summed E-state index contributed by atoms with van der Waals surface area (Å²) in [6.45, 7) is 9.63. The van der Waals surface area contributed by atoms with Crippen LogP contribution < -0.4 is 0 Å². The lowest BCUT2D eigenvalue weighted by Gasteiger charge is -2.30. The molecular formula is C14H22O4. The molecule has 4 nitrogen and oxygen atoms in total. The van der Waals surface area contributed by atoms with Crippen LogP contribution in [0.2, 0.25) is 0 Å². The summed E-state index contributed by atoms with van der Waals surface area (Å²) in [5.41, 5.74) is -1.60. The summed E-state index contributed by atoms with van der Waals surface area (Å²) < 4.78 is 4.54.